The molecule has 130 valence electrons. The molecular formula is C18H28N6. The summed E-state index contributed by atoms with van der Waals surface area (Å²) in [6.07, 6.45) is 5.79. The smallest absolute Gasteiger partial charge is 0.190 e. The van der Waals surface area contributed by atoms with E-state index in [-0.39, 0.29) is 0 Å². The second-order valence-electron chi connectivity index (χ2n) is 5.95. The third-order valence-corrected chi connectivity index (χ3v) is 3.71. The van der Waals surface area contributed by atoms with Gasteiger partial charge in [0.05, 0.1) is 5.69 Å². The van der Waals surface area contributed by atoms with Crippen LogP contribution in [0.25, 0.3) is 5.69 Å². The van der Waals surface area contributed by atoms with Gasteiger partial charge >= 0.3 is 0 Å². The molecule has 1 heterocycles. The Balaban J connectivity index is 1.70. The predicted molar refractivity (Wildman–Crippen MR) is 99.8 cm³/mol. The number of hydrogen-bond donors (Lipinski definition) is 2. The van der Waals surface area contributed by atoms with Crippen molar-refractivity contribution in [3.8, 4) is 5.69 Å². The van der Waals surface area contributed by atoms with E-state index >= 15 is 0 Å². The zero-order valence-electron chi connectivity index (χ0n) is 14.9. The minimum Gasteiger partial charge on any atom is -0.356 e. The van der Waals surface area contributed by atoms with Crippen LogP contribution in [0.5, 0.6) is 0 Å². The molecule has 1 aromatic carbocycles. The second kappa shape index (κ2) is 9.72. The highest BCUT2D eigenvalue weighted by Crippen LogP contribution is 2.08. The summed E-state index contributed by atoms with van der Waals surface area (Å²) in [6, 6.07) is 10.4. The number of nitrogens with zero attached hydrogens (tertiary/aromatic N) is 4. The third kappa shape index (κ3) is 6.04. The fraction of sp³-hybridized carbons (Fsp3) is 0.444. The summed E-state index contributed by atoms with van der Waals surface area (Å²) < 4.78 is 1.86. The SMILES string of the molecule is CN=C(NCCCN(C)C)NCCc1ccc(-n2cccn2)cc1. The average molecular weight is 328 g/mol. The Bertz CT molecular complexity index is 601. The molecule has 0 radical (unpaired) electrons. The van der Waals surface area contributed by atoms with Gasteiger partial charge < -0.3 is 15.5 Å². The Labute approximate surface area is 144 Å². The van der Waals surface area contributed by atoms with Crippen LogP contribution < -0.4 is 10.6 Å². The maximum atomic E-state index is 4.25. The van der Waals surface area contributed by atoms with Crippen molar-refractivity contribution in [2.24, 2.45) is 4.99 Å². The Kier molecular flexibility index (Phi) is 7.29. The molecular weight excluding hydrogens is 300 g/mol. The Morgan fingerprint density at radius 2 is 1.92 bits per heavy atom. The summed E-state index contributed by atoms with van der Waals surface area (Å²) >= 11 is 0. The molecule has 0 amide bonds. The summed E-state index contributed by atoms with van der Waals surface area (Å²) in [5, 5.41) is 10.9. The van der Waals surface area contributed by atoms with Gasteiger partial charge in [-0.3, -0.25) is 4.99 Å². The molecule has 0 aliphatic carbocycles. The lowest BCUT2D eigenvalue weighted by atomic mass is 10.1. The third-order valence-electron chi connectivity index (χ3n) is 3.71. The van der Waals surface area contributed by atoms with E-state index in [1.807, 2.05) is 16.9 Å². The van der Waals surface area contributed by atoms with Gasteiger partial charge in [0, 0.05) is 32.5 Å². The summed E-state index contributed by atoms with van der Waals surface area (Å²) in [6.45, 7) is 2.86. The second-order valence-corrected chi connectivity index (χ2v) is 5.95. The number of nitrogens with one attached hydrogen (secondary N) is 2. The van der Waals surface area contributed by atoms with E-state index in [2.05, 4.69) is 64.0 Å². The molecule has 1 aromatic heterocycles. The van der Waals surface area contributed by atoms with Crippen LogP contribution in [-0.4, -0.2) is 61.4 Å². The highest BCUT2D eigenvalue weighted by Gasteiger charge is 2.00. The van der Waals surface area contributed by atoms with Crippen molar-refractivity contribution in [2.75, 3.05) is 40.8 Å². The normalized spacial score (nSPS) is 11.8. The fourth-order valence-corrected chi connectivity index (χ4v) is 2.38. The lowest BCUT2D eigenvalue weighted by Gasteiger charge is -2.13. The van der Waals surface area contributed by atoms with Crippen LogP contribution >= 0.6 is 0 Å². The Morgan fingerprint density at radius 1 is 1.17 bits per heavy atom. The van der Waals surface area contributed by atoms with Crippen LogP contribution in [0.4, 0.5) is 0 Å². The molecule has 24 heavy (non-hydrogen) atoms. The molecule has 0 aliphatic rings. The molecule has 2 aromatic rings. The van der Waals surface area contributed by atoms with Gasteiger partial charge in [-0.1, -0.05) is 12.1 Å². The van der Waals surface area contributed by atoms with Crippen LogP contribution in [-0.2, 0) is 6.42 Å². The first-order valence-corrected chi connectivity index (χ1v) is 8.37. The molecule has 0 aliphatic heterocycles. The van der Waals surface area contributed by atoms with E-state index in [1.54, 1.807) is 13.2 Å². The van der Waals surface area contributed by atoms with E-state index in [0.717, 1.165) is 44.1 Å². The van der Waals surface area contributed by atoms with E-state index < -0.39 is 0 Å². The molecule has 6 nitrogen and oxygen atoms in total. The maximum absolute atomic E-state index is 4.25. The average Bonchev–Trinajstić information content (AvgIpc) is 3.12. The highest BCUT2D eigenvalue weighted by molar-refractivity contribution is 5.79. The number of aliphatic imine (C=N–C) groups is 1. The van der Waals surface area contributed by atoms with Gasteiger partial charge in [0.2, 0.25) is 0 Å². The maximum Gasteiger partial charge on any atom is 0.190 e. The number of guanidine groups is 1. The minimum atomic E-state index is 0.856. The highest BCUT2D eigenvalue weighted by atomic mass is 15.3. The van der Waals surface area contributed by atoms with E-state index in [1.165, 1.54) is 5.56 Å². The van der Waals surface area contributed by atoms with Gasteiger partial charge in [-0.05, 0) is 57.2 Å². The molecule has 0 saturated heterocycles. The van der Waals surface area contributed by atoms with Crippen LogP contribution in [0.1, 0.15) is 12.0 Å². The summed E-state index contributed by atoms with van der Waals surface area (Å²) in [4.78, 5) is 6.44. The first kappa shape index (κ1) is 18.0. The quantitative estimate of drug-likeness (QED) is 0.438. The molecule has 0 fully saturated rings. The van der Waals surface area contributed by atoms with Crippen molar-refractivity contribution in [1.29, 1.82) is 0 Å². The van der Waals surface area contributed by atoms with Crippen LogP contribution in [0, 0.1) is 0 Å². The lowest BCUT2D eigenvalue weighted by molar-refractivity contribution is 0.399. The first-order chi connectivity index (χ1) is 11.7. The van der Waals surface area contributed by atoms with Gasteiger partial charge in [-0.25, -0.2) is 4.68 Å². The van der Waals surface area contributed by atoms with E-state index in [9.17, 15) is 0 Å². The number of rotatable bonds is 8. The molecule has 2 N–H and O–H groups in total. The van der Waals surface area contributed by atoms with Crippen molar-refractivity contribution in [2.45, 2.75) is 12.8 Å². The van der Waals surface area contributed by atoms with Gasteiger partial charge in [0.25, 0.3) is 0 Å². The topological polar surface area (TPSA) is 57.5 Å². The monoisotopic (exact) mass is 328 g/mol. The number of aromatic nitrogens is 2. The van der Waals surface area contributed by atoms with Gasteiger partial charge in [0.1, 0.15) is 0 Å². The molecule has 2 rings (SSSR count). The van der Waals surface area contributed by atoms with Crippen molar-refractivity contribution < 1.29 is 0 Å². The van der Waals surface area contributed by atoms with Gasteiger partial charge in [0.15, 0.2) is 5.96 Å². The van der Waals surface area contributed by atoms with Crippen LogP contribution in [0.15, 0.2) is 47.7 Å². The molecule has 6 heteroatoms. The molecule has 0 spiro atoms. The summed E-state index contributed by atoms with van der Waals surface area (Å²) in [5.74, 6) is 0.863. The van der Waals surface area contributed by atoms with Gasteiger partial charge in [-0.15, -0.1) is 0 Å². The number of hydrogen-bond acceptors (Lipinski definition) is 3. The van der Waals surface area contributed by atoms with E-state index in [0.29, 0.717) is 0 Å². The summed E-state index contributed by atoms with van der Waals surface area (Å²) in [7, 11) is 5.98. The van der Waals surface area contributed by atoms with Gasteiger partial charge in [-0.2, -0.15) is 5.10 Å². The Morgan fingerprint density at radius 3 is 2.54 bits per heavy atom. The zero-order chi connectivity index (χ0) is 17.2. The molecule has 0 saturated carbocycles. The zero-order valence-corrected chi connectivity index (χ0v) is 14.9. The van der Waals surface area contributed by atoms with Crippen molar-refractivity contribution in [3.63, 3.8) is 0 Å². The fourth-order valence-electron chi connectivity index (χ4n) is 2.38. The predicted octanol–water partition coefficient (Wildman–Crippen LogP) is 1.53. The van der Waals surface area contributed by atoms with Crippen LogP contribution in [0.2, 0.25) is 0 Å². The summed E-state index contributed by atoms with van der Waals surface area (Å²) in [5.41, 5.74) is 2.37. The van der Waals surface area contributed by atoms with Crippen molar-refractivity contribution >= 4 is 5.96 Å². The molecule has 0 unspecified atom stereocenters. The molecule has 0 atom stereocenters. The molecule has 0 bridgehead atoms. The van der Waals surface area contributed by atoms with E-state index in [4.69, 9.17) is 0 Å². The Hall–Kier alpha value is -2.34. The number of benzene rings is 1. The van der Waals surface area contributed by atoms with Crippen molar-refractivity contribution in [1.82, 2.24) is 25.3 Å². The minimum absolute atomic E-state index is 0.856. The van der Waals surface area contributed by atoms with Crippen LogP contribution in [0.3, 0.4) is 0 Å². The lowest BCUT2D eigenvalue weighted by Crippen LogP contribution is -2.39. The standard InChI is InChI=1S/C18H28N6/c1-19-18(20-11-4-14-23(2)3)21-13-10-16-6-8-17(9-7-16)24-15-5-12-22-24/h5-9,12,15H,4,10-11,13-14H2,1-3H3,(H2,19,20,21). The first-order valence-electron chi connectivity index (χ1n) is 8.37. The van der Waals surface area contributed by atoms with Crippen molar-refractivity contribution in [3.05, 3.63) is 48.3 Å². The largest absolute Gasteiger partial charge is 0.356 e.